The maximum absolute atomic E-state index is 13.2. The zero-order valence-electron chi connectivity index (χ0n) is 17.1. The summed E-state index contributed by atoms with van der Waals surface area (Å²) in [5, 5.41) is 2.91. The highest BCUT2D eigenvalue weighted by Crippen LogP contribution is 2.29. The Hall–Kier alpha value is -2.42. The molecule has 0 unspecified atom stereocenters. The summed E-state index contributed by atoms with van der Waals surface area (Å²) in [6, 6.07) is 12.4. The number of carbonyl (C=O) groups excluding carboxylic acids is 1. The topological polar surface area (TPSA) is 79.0 Å². The second-order valence-corrected chi connectivity index (χ2v) is 9.65. The van der Waals surface area contributed by atoms with E-state index in [0.29, 0.717) is 37.6 Å². The summed E-state index contributed by atoms with van der Waals surface area (Å²) in [5.74, 6) is -0.306. The van der Waals surface area contributed by atoms with Gasteiger partial charge in [-0.1, -0.05) is 17.7 Å². The van der Waals surface area contributed by atoms with E-state index in [0.717, 1.165) is 37.2 Å². The third-order valence-electron chi connectivity index (χ3n) is 5.58. The molecule has 2 aliphatic heterocycles. The molecule has 7 nitrogen and oxygen atoms in total. The standard InChI is InChI=1S/C22H27N3O4S/c1-17-4-6-18(7-5-17)23-22(26)20-16-19(8-9-21(20)24-10-2-3-11-24)30(27,28)25-12-14-29-15-13-25/h4-9,16H,2-3,10-15H2,1H3,(H,23,26). The summed E-state index contributed by atoms with van der Waals surface area (Å²) in [6.07, 6.45) is 2.12. The number of anilines is 2. The molecular formula is C22H27N3O4S. The number of hydrogen-bond donors (Lipinski definition) is 1. The van der Waals surface area contributed by atoms with E-state index in [1.54, 1.807) is 12.1 Å². The van der Waals surface area contributed by atoms with Gasteiger partial charge in [0, 0.05) is 37.6 Å². The van der Waals surface area contributed by atoms with Crippen LogP contribution in [0.25, 0.3) is 0 Å². The maximum Gasteiger partial charge on any atom is 0.257 e. The molecule has 160 valence electrons. The van der Waals surface area contributed by atoms with E-state index in [2.05, 4.69) is 10.2 Å². The van der Waals surface area contributed by atoms with E-state index in [9.17, 15) is 13.2 Å². The van der Waals surface area contributed by atoms with Gasteiger partial charge >= 0.3 is 0 Å². The minimum Gasteiger partial charge on any atom is -0.379 e. The van der Waals surface area contributed by atoms with Crippen molar-refractivity contribution in [3.8, 4) is 0 Å². The van der Waals surface area contributed by atoms with Crippen LogP contribution in [0.1, 0.15) is 28.8 Å². The molecular weight excluding hydrogens is 402 g/mol. The SMILES string of the molecule is Cc1ccc(NC(=O)c2cc(S(=O)(=O)N3CCOCC3)ccc2N2CCCC2)cc1. The average molecular weight is 430 g/mol. The Balaban J connectivity index is 1.68. The monoisotopic (exact) mass is 429 g/mol. The van der Waals surface area contributed by atoms with Crippen molar-refractivity contribution in [2.75, 3.05) is 49.6 Å². The fourth-order valence-electron chi connectivity index (χ4n) is 3.86. The first-order chi connectivity index (χ1) is 14.4. The number of hydrogen-bond acceptors (Lipinski definition) is 5. The molecule has 2 saturated heterocycles. The summed E-state index contributed by atoms with van der Waals surface area (Å²) in [7, 11) is -3.68. The van der Waals surface area contributed by atoms with Gasteiger partial charge in [0.15, 0.2) is 0 Å². The van der Waals surface area contributed by atoms with E-state index in [4.69, 9.17) is 4.74 Å². The van der Waals surface area contributed by atoms with Crippen LogP contribution < -0.4 is 10.2 Å². The third kappa shape index (κ3) is 4.35. The number of ether oxygens (including phenoxy) is 1. The van der Waals surface area contributed by atoms with Gasteiger partial charge < -0.3 is 15.0 Å². The summed E-state index contributed by atoms with van der Waals surface area (Å²) in [6.45, 7) is 5.11. The minimum atomic E-state index is -3.68. The molecule has 0 aromatic heterocycles. The molecule has 4 rings (SSSR count). The molecule has 2 fully saturated rings. The van der Waals surface area contributed by atoms with Gasteiger partial charge in [-0.25, -0.2) is 8.42 Å². The second kappa shape index (κ2) is 8.75. The molecule has 2 aromatic carbocycles. The number of morpholine rings is 1. The Kier molecular flexibility index (Phi) is 6.08. The van der Waals surface area contributed by atoms with Crippen LogP contribution in [-0.4, -0.2) is 58.0 Å². The number of nitrogens with zero attached hydrogens (tertiary/aromatic N) is 2. The first-order valence-electron chi connectivity index (χ1n) is 10.3. The molecule has 2 heterocycles. The smallest absolute Gasteiger partial charge is 0.257 e. The number of sulfonamides is 1. The quantitative estimate of drug-likeness (QED) is 0.791. The summed E-state index contributed by atoms with van der Waals surface area (Å²) in [4.78, 5) is 15.5. The maximum atomic E-state index is 13.2. The molecule has 2 aromatic rings. The van der Waals surface area contributed by atoms with Crippen molar-refractivity contribution in [2.24, 2.45) is 0 Å². The lowest BCUT2D eigenvalue weighted by atomic mass is 10.1. The van der Waals surface area contributed by atoms with Crippen molar-refractivity contribution in [1.29, 1.82) is 0 Å². The van der Waals surface area contributed by atoms with Crippen LogP contribution in [0.4, 0.5) is 11.4 Å². The van der Waals surface area contributed by atoms with E-state index in [1.807, 2.05) is 31.2 Å². The van der Waals surface area contributed by atoms with Gasteiger partial charge in [-0.05, 0) is 50.1 Å². The second-order valence-electron chi connectivity index (χ2n) is 7.71. The predicted octanol–water partition coefficient (Wildman–Crippen LogP) is 2.87. The number of rotatable bonds is 5. The van der Waals surface area contributed by atoms with Gasteiger partial charge in [-0.2, -0.15) is 4.31 Å². The van der Waals surface area contributed by atoms with Crippen molar-refractivity contribution in [1.82, 2.24) is 4.31 Å². The van der Waals surface area contributed by atoms with Crippen LogP contribution in [-0.2, 0) is 14.8 Å². The predicted molar refractivity (Wildman–Crippen MR) is 117 cm³/mol. The fourth-order valence-corrected chi connectivity index (χ4v) is 5.30. The zero-order chi connectivity index (χ0) is 21.1. The van der Waals surface area contributed by atoms with Gasteiger partial charge in [0.05, 0.1) is 23.7 Å². The normalized spacial score (nSPS) is 17.8. The van der Waals surface area contributed by atoms with Crippen LogP contribution in [0.3, 0.4) is 0 Å². The minimum absolute atomic E-state index is 0.140. The number of nitrogens with one attached hydrogen (secondary N) is 1. The van der Waals surface area contributed by atoms with Crippen molar-refractivity contribution >= 4 is 27.3 Å². The molecule has 1 N–H and O–H groups in total. The van der Waals surface area contributed by atoms with Gasteiger partial charge in [0.2, 0.25) is 10.0 Å². The Labute approximate surface area is 177 Å². The highest BCUT2D eigenvalue weighted by atomic mass is 32.2. The molecule has 2 aliphatic rings. The average Bonchev–Trinajstić information content (AvgIpc) is 3.30. The van der Waals surface area contributed by atoms with Crippen LogP contribution in [0.2, 0.25) is 0 Å². The van der Waals surface area contributed by atoms with E-state index < -0.39 is 10.0 Å². The van der Waals surface area contributed by atoms with Crippen LogP contribution in [0.15, 0.2) is 47.4 Å². The number of carbonyl (C=O) groups is 1. The fraction of sp³-hybridized carbons (Fsp3) is 0.409. The highest BCUT2D eigenvalue weighted by Gasteiger charge is 2.29. The van der Waals surface area contributed by atoms with Crippen molar-refractivity contribution in [2.45, 2.75) is 24.7 Å². The molecule has 1 amide bonds. The van der Waals surface area contributed by atoms with Crippen LogP contribution in [0, 0.1) is 6.92 Å². The number of benzene rings is 2. The molecule has 0 spiro atoms. The first-order valence-corrected chi connectivity index (χ1v) is 11.7. The lowest BCUT2D eigenvalue weighted by molar-refractivity contribution is 0.0730. The molecule has 8 heteroatoms. The Bertz CT molecular complexity index is 1010. The Morgan fingerprint density at radius 3 is 2.30 bits per heavy atom. The lowest BCUT2D eigenvalue weighted by Gasteiger charge is -2.27. The summed E-state index contributed by atoms with van der Waals surface area (Å²) >= 11 is 0. The number of aryl methyl sites for hydroxylation is 1. The van der Waals surface area contributed by atoms with Gasteiger partial charge in [0.1, 0.15) is 0 Å². The molecule has 30 heavy (non-hydrogen) atoms. The molecule has 0 saturated carbocycles. The van der Waals surface area contributed by atoms with E-state index in [1.165, 1.54) is 10.4 Å². The Morgan fingerprint density at radius 1 is 0.967 bits per heavy atom. The van der Waals surface area contributed by atoms with Crippen molar-refractivity contribution in [3.05, 3.63) is 53.6 Å². The first kappa shape index (κ1) is 20.8. The zero-order valence-corrected chi connectivity index (χ0v) is 18.0. The molecule has 0 aliphatic carbocycles. The summed E-state index contributed by atoms with van der Waals surface area (Å²) < 4.78 is 32.9. The van der Waals surface area contributed by atoms with Gasteiger partial charge in [-0.3, -0.25) is 4.79 Å². The van der Waals surface area contributed by atoms with Crippen molar-refractivity contribution < 1.29 is 17.9 Å². The van der Waals surface area contributed by atoms with Crippen LogP contribution in [0.5, 0.6) is 0 Å². The highest BCUT2D eigenvalue weighted by molar-refractivity contribution is 7.89. The third-order valence-corrected chi connectivity index (χ3v) is 7.47. The van der Waals surface area contributed by atoms with Crippen LogP contribution >= 0.6 is 0 Å². The molecule has 0 atom stereocenters. The number of amides is 1. The van der Waals surface area contributed by atoms with E-state index in [-0.39, 0.29) is 10.8 Å². The van der Waals surface area contributed by atoms with Gasteiger partial charge in [0.25, 0.3) is 5.91 Å². The molecule has 0 radical (unpaired) electrons. The Morgan fingerprint density at radius 2 is 1.63 bits per heavy atom. The largest absolute Gasteiger partial charge is 0.379 e. The van der Waals surface area contributed by atoms with E-state index >= 15 is 0 Å². The van der Waals surface area contributed by atoms with Crippen molar-refractivity contribution in [3.63, 3.8) is 0 Å². The molecule has 0 bridgehead atoms. The lowest BCUT2D eigenvalue weighted by Crippen LogP contribution is -2.40. The van der Waals surface area contributed by atoms with Gasteiger partial charge in [-0.15, -0.1) is 0 Å². The summed E-state index contributed by atoms with van der Waals surface area (Å²) in [5.41, 5.74) is 2.94.